The van der Waals surface area contributed by atoms with Gasteiger partial charge in [0.1, 0.15) is 6.54 Å². The van der Waals surface area contributed by atoms with Crippen LogP contribution in [0.3, 0.4) is 0 Å². The summed E-state index contributed by atoms with van der Waals surface area (Å²) in [7, 11) is 0. The van der Waals surface area contributed by atoms with Gasteiger partial charge in [0.15, 0.2) is 12.4 Å². The highest BCUT2D eigenvalue weighted by Gasteiger charge is 2.01. The maximum atomic E-state index is 8.73. The molecule has 2 nitrogen and oxygen atoms in total. The van der Waals surface area contributed by atoms with Gasteiger partial charge in [0.05, 0.1) is 0 Å². The van der Waals surface area contributed by atoms with E-state index in [2.05, 4.69) is 36.0 Å². The molecule has 0 fully saturated rings. The molecule has 0 saturated heterocycles. The molecular weight excluding hydrogens is 362 g/mol. The second kappa shape index (κ2) is 17.4. The van der Waals surface area contributed by atoms with Gasteiger partial charge in [-0.3, -0.25) is 0 Å². The summed E-state index contributed by atoms with van der Waals surface area (Å²) in [5.41, 5.74) is 1.49. The van der Waals surface area contributed by atoms with Crippen LogP contribution < -0.4 is 21.5 Å². The lowest BCUT2D eigenvalue weighted by Gasteiger charge is -2.02. The molecular formula is C21H38BrNO. The van der Waals surface area contributed by atoms with Crippen molar-refractivity contribution in [2.75, 3.05) is 6.61 Å². The standard InChI is InChI=1S/C21H38NO.BrH/c1-2-3-4-11-14-21-15-18-22(19-16-21)17-12-9-7-5-6-8-10-13-20-23;/h15-16,18-19,23H,2-14,17,20H2,1H3;1H/q+1;/p-1. The molecule has 0 saturated carbocycles. The summed E-state index contributed by atoms with van der Waals surface area (Å²) in [6.45, 7) is 3.78. The predicted octanol–water partition coefficient (Wildman–Crippen LogP) is 2.21. The molecule has 1 heterocycles. The molecule has 1 aromatic rings. The fourth-order valence-corrected chi connectivity index (χ4v) is 3.03. The Labute approximate surface area is 160 Å². The first-order valence-electron chi connectivity index (χ1n) is 9.95. The van der Waals surface area contributed by atoms with E-state index in [4.69, 9.17) is 5.11 Å². The number of hydrogen-bond donors (Lipinski definition) is 1. The Kier molecular flexibility index (Phi) is 17.1. The molecule has 0 aromatic carbocycles. The molecule has 0 aliphatic rings. The molecule has 1 aromatic heterocycles. The Hall–Kier alpha value is -0.410. The van der Waals surface area contributed by atoms with Crippen molar-refractivity contribution in [1.29, 1.82) is 0 Å². The molecule has 1 rings (SSSR count). The number of rotatable bonds is 15. The third-order valence-electron chi connectivity index (χ3n) is 4.60. The van der Waals surface area contributed by atoms with Crippen LogP contribution in [0.25, 0.3) is 0 Å². The predicted molar refractivity (Wildman–Crippen MR) is 98.5 cm³/mol. The average molecular weight is 400 g/mol. The number of halogens is 1. The fourth-order valence-electron chi connectivity index (χ4n) is 3.03. The maximum absolute atomic E-state index is 8.73. The Morgan fingerprint density at radius 1 is 0.750 bits per heavy atom. The van der Waals surface area contributed by atoms with E-state index in [-0.39, 0.29) is 17.0 Å². The van der Waals surface area contributed by atoms with Crippen molar-refractivity contribution in [3.63, 3.8) is 0 Å². The first-order valence-corrected chi connectivity index (χ1v) is 9.95. The molecule has 0 aliphatic carbocycles. The Morgan fingerprint density at radius 3 is 1.88 bits per heavy atom. The quantitative estimate of drug-likeness (QED) is 0.354. The Bertz CT molecular complexity index is 367. The van der Waals surface area contributed by atoms with Crippen molar-refractivity contribution in [3.05, 3.63) is 30.1 Å². The minimum absolute atomic E-state index is 0. The normalized spacial score (nSPS) is 10.6. The van der Waals surface area contributed by atoms with Crippen molar-refractivity contribution < 1.29 is 26.7 Å². The molecule has 0 spiro atoms. The largest absolute Gasteiger partial charge is 1.00 e. The summed E-state index contributed by atoms with van der Waals surface area (Å²) in [4.78, 5) is 0. The van der Waals surface area contributed by atoms with E-state index in [9.17, 15) is 0 Å². The number of unbranched alkanes of at least 4 members (excludes halogenated alkanes) is 10. The van der Waals surface area contributed by atoms with Crippen molar-refractivity contribution in [2.45, 2.75) is 96.9 Å². The monoisotopic (exact) mass is 399 g/mol. The third kappa shape index (κ3) is 12.9. The highest BCUT2D eigenvalue weighted by Crippen LogP contribution is 2.09. The lowest BCUT2D eigenvalue weighted by atomic mass is 10.1. The van der Waals surface area contributed by atoms with Crippen LogP contribution in [-0.2, 0) is 13.0 Å². The summed E-state index contributed by atoms with van der Waals surface area (Å²) in [5, 5.41) is 8.73. The van der Waals surface area contributed by atoms with Gasteiger partial charge in [0, 0.05) is 25.2 Å². The maximum Gasteiger partial charge on any atom is 0.169 e. The molecule has 0 radical (unpaired) electrons. The first kappa shape index (κ1) is 23.6. The van der Waals surface area contributed by atoms with Crippen LogP contribution in [0.4, 0.5) is 0 Å². The SMILES string of the molecule is CCCCCCc1cc[n+](CCCCCCCCCCO)cc1.[Br-]. The topological polar surface area (TPSA) is 24.1 Å². The van der Waals surface area contributed by atoms with Crippen LogP contribution in [0, 0.1) is 0 Å². The van der Waals surface area contributed by atoms with E-state index >= 15 is 0 Å². The van der Waals surface area contributed by atoms with Gasteiger partial charge < -0.3 is 22.1 Å². The van der Waals surface area contributed by atoms with Crippen LogP contribution in [0.1, 0.15) is 89.5 Å². The minimum Gasteiger partial charge on any atom is -1.00 e. The van der Waals surface area contributed by atoms with Crippen LogP contribution >= 0.6 is 0 Å². The van der Waals surface area contributed by atoms with E-state index < -0.39 is 0 Å². The molecule has 0 unspecified atom stereocenters. The summed E-state index contributed by atoms with van der Waals surface area (Å²) >= 11 is 0. The van der Waals surface area contributed by atoms with Gasteiger partial charge in [-0.05, 0) is 31.2 Å². The highest BCUT2D eigenvalue weighted by atomic mass is 79.9. The zero-order valence-corrected chi connectivity index (χ0v) is 17.3. The van der Waals surface area contributed by atoms with Gasteiger partial charge in [-0.2, -0.15) is 0 Å². The Balaban J connectivity index is 0.00000529. The number of aliphatic hydroxyl groups excluding tert-OH is 1. The van der Waals surface area contributed by atoms with Gasteiger partial charge >= 0.3 is 0 Å². The van der Waals surface area contributed by atoms with Gasteiger partial charge in [0.25, 0.3) is 0 Å². The molecule has 140 valence electrons. The van der Waals surface area contributed by atoms with Gasteiger partial charge in [-0.15, -0.1) is 0 Å². The first-order chi connectivity index (χ1) is 11.4. The zero-order valence-electron chi connectivity index (χ0n) is 15.7. The van der Waals surface area contributed by atoms with Crippen LogP contribution in [0.2, 0.25) is 0 Å². The fraction of sp³-hybridized carbons (Fsp3) is 0.762. The van der Waals surface area contributed by atoms with Gasteiger partial charge in [-0.25, -0.2) is 4.57 Å². The highest BCUT2D eigenvalue weighted by molar-refractivity contribution is 5.07. The summed E-state index contributed by atoms with van der Waals surface area (Å²) in [6, 6.07) is 4.60. The van der Waals surface area contributed by atoms with Crippen molar-refractivity contribution in [3.8, 4) is 0 Å². The van der Waals surface area contributed by atoms with Crippen LogP contribution in [0.5, 0.6) is 0 Å². The zero-order chi connectivity index (χ0) is 16.6. The molecule has 0 aliphatic heterocycles. The molecule has 3 heteroatoms. The summed E-state index contributed by atoms with van der Waals surface area (Å²) < 4.78 is 2.33. The van der Waals surface area contributed by atoms with Crippen molar-refractivity contribution in [1.82, 2.24) is 0 Å². The third-order valence-corrected chi connectivity index (χ3v) is 4.60. The number of aryl methyl sites for hydroxylation is 2. The number of aliphatic hydroxyl groups is 1. The van der Waals surface area contributed by atoms with E-state index in [0.717, 1.165) is 13.0 Å². The molecule has 1 N–H and O–H groups in total. The molecule has 0 atom stereocenters. The van der Waals surface area contributed by atoms with Crippen LogP contribution in [0.15, 0.2) is 24.5 Å². The van der Waals surface area contributed by atoms with Gasteiger partial charge in [0.2, 0.25) is 0 Å². The average Bonchev–Trinajstić information content (AvgIpc) is 2.58. The lowest BCUT2D eigenvalue weighted by molar-refractivity contribution is -0.697. The minimum atomic E-state index is 0. The molecule has 24 heavy (non-hydrogen) atoms. The van der Waals surface area contributed by atoms with E-state index in [1.165, 1.54) is 82.6 Å². The number of pyridine rings is 1. The molecule has 0 amide bonds. The van der Waals surface area contributed by atoms with Crippen molar-refractivity contribution in [2.24, 2.45) is 0 Å². The summed E-state index contributed by atoms with van der Waals surface area (Å²) in [6.07, 6.45) is 21.3. The van der Waals surface area contributed by atoms with Gasteiger partial charge in [-0.1, -0.05) is 58.3 Å². The Morgan fingerprint density at radius 2 is 1.29 bits per heavy atom. The second-order valence-corrected chi connectivity index (χ2v) is 6.81. The van der Waals surface area contributed by atoms with E-state index in [1.807, 2.05) is 0 Å². The smallest absolute Gasteiger partial charge is 0.169 e. The second-order valence-electron chi connectivity index (χ2n) is 6.81. The van der Waals surface area contributed by atoms with Crippen molar-refractivity contribution >= 4 is 0 Å². The summed E-state index contributed by atoms with van der Waals surface area (Å²) in [5.74, 6) is 0. The number of aromatic nitrogens is 1. The lowest BCUT2D eigenvalue weighted by Crippen LogP contribution is -3.00. The number of hydrogen-bond acceptors (Lipinski definition) is 1. The van der Waals surface area contributed by atoms with Crippen LogP contribution in [-0.4, -0.2) is 11.7 Å². The van der Waals surface area contributed by atoms with E-state index in [1.54, 1.807) is 0 Å². The van der Waals surface area contributed by atoms with E-state index in [0.29, 0.717) is 6.61 Å². The number of nitrogens with zero attached hydrogens (tertiary/aromatic N) is 1. The molecule has 0 bridgehead atoms.